The highest BCUT2D eigenvalue weighted by atomic mass is 32.1. The van der Waals surface area contributed by atoms with Gasteiger partial charge >= 0.3 is 0 Å². The molecular weight excluding hydrogens is 294 g/mol. The molecule has 0 fully saturated rings. The van der Waals surface area contributed by atoms with Gasteiger partial charge in [0.1, 0.15) is 0 Å². The summed E-state index contributed by atoms with van der Waals surface area (Å²) in [6.45, 7) is 0. The minimum atomic E-state index is -0.215. The predicted octanol–water partition coefficient (Wildman–Crippen LogP) is 3.05. The molecule has 22 heavy (non-hydrogen) atoms. The van der Waals surface area contributed by atoms with Gasteiger partial charge in [-0.2, -0.15) is 4.99 Å². The predicted molar refractivity (Wildman–Crippen MR) is 91.5 cm³/mol. The molecule has 1 heterocycles. The van der Waals surface area contributed by atoms with Crippen molar-refractivity contribution in [3.8, 4) is 0 Å². The van der Waals surface area contributed by atoms with Crippen LogP contribution in [0.1, 0.15) is 10.4 Å². The average molecular weight is 311 g/mol. The molecular formula is C17H17N3OS. The third-order valence-electron chi connectivity index (χ3n) is 3.54. The van der Waals surface area contributed by atoms with Gasteiger partial charge in [0.2, 0.25) is 0 Å². The van der Waals surface area contributed by atoms with Gasteiger partial charge in [0.25, 0.3) is 5.91 Å². The zero-order chi connectivity index (χ0) is 15.7. The monoisotopic (exact) mass is 311 g/mol. The molecule has 1 amide bonds. The second-order valence-corrected chi connectivity index (χ2v) is 6.28. The lowest BCUT2D eigenvalue weighted by Crippen LogP contribution is -2.13. The van der Waals surface area contributed by atoms with Crippen LogP contribution in [0.3, 0.4) is 0 Å². The van der Waals surface area contributed by atoms with Crippen LogP contribution in [0, 0.1) is 0 Å². The van der Waals surface area contributed by atoms with E-state index >= 15 is 0 Å². The maximum absolute atomic E-state index is 12.3. The van der Waals surface area contributed by atoms with E-state index in [4.69, 9.17) is 0 Å². The molecule has 0 atom stereocenters. The number of benzene rings is 2. The normalized spacial score (nSPS) is 11.9. The second-order valence-electron chi connectivity index (χ2n) is 5.27. The first-order valence-corrected chi connectivity index (χ1v) is 7.79. The van der Waals surface area contributed by atoms with Crippen LogP contribution in [0.15, 0.2) is 53.5 Å². The van der Waals surface area contributed by atoms with Crippen LogP contribution in [-0.2, 0) is 7.05 Å². The summed E-state index contributed by atoms with van der Waals surface area (Å²) in [5.74, 6) is -0.215. The van der Waals surface area contributed by atoms with Crippen molar-refractivity contribution in [3.63, 3.8) is 0 Å². The Bertz CT molecular complexity index is 888. The van der Waals surface area contributed by atoms with Gasteiger partial charge in [0, 0.05) is 32.4 Å². The summed E-state index contributed by atoms with van der Waals surface area (Å²) in [6, 6.07) is 15.5. The highest BCUT2D eigenvalue weighted by Gasteiger charge is 2.07. The molecule has 5 heteroatoms. The van der Waals surface area contributed by atoms with E-state index in [0.717, 1.165) is 15.9 Å². The lowest BCUT2D eigenvalue weighted by Gasteiger charge is -2.11. The van der Waals surface area contributed by atoms with Gasteiger partial charge in [0.15, 0.2) is 4.80 Å². The second kappa shape index (κ2) is 5.77. The molecule has 112 valence electrons. The highest BCUT2D eigenvalue weighted by Crippen LogP contribution is 2.16. The van der Waals surface area contributed by atoms with Gasteiger partial charge in [-0.3, -0.25) is 4.79 Å². The van der Waals surface area contributed by atoms with Crippen molar-refractivity contribution in [1.82, 2.24) is 4.57 Å². The number of aryl methyl sites for hydroxylation is 1. The number of fused-ring (bicyclic) bond motifs is 1. The van der Waals surface area contributed by atoms with E-state index in [2.05, 4.69) is 4.99 Å². The number of hydrogen-bond acceptors (Lipinski definition) is 3. The molecule has 1 aromatic heterocycles. The van der Waals surface area contributed by atoms with Crippen LogP contribution in [0.2, 0.25) is 0 Å². The molecule has 3 rings (SSSR count). The third kappa shape index (κ3) is 2.67. The zero-order valence-corrected chi connectivity index (χ0v) is 13.6. The van der Waals surface area contributed by atoms with Gasteiger partial charge in [-0.1, -0.05) is 23.5 Å². The standard InChI is InChI=1S/C17H17N3OS/c1-19(2)13-10-8-12(9-11-13)16(21)18-17-20(3)14-6-4-5-7-15(14)22-17/h4-11H,1-3H3. The van der Waals surface area contributed by atoms with E-state index in [9.17, 15) is 4.79 Å². The molecule has 0 unspecified atom stereocenters. The van der Waals surface area contributed by atoms with Crippen LogP contribution >= 0.6 is 11.3 Å². The van der Waals surface area contributed by atoms with Crippen LogP contribution in [0.4, 0.5) is 5.69 Å². The Morgan fingerprint density at radius 3 is 2.41 bits per heavy atom. The first-order valence-electron chi connectivity index (χ1n) is 6.97. The van der Waals surface area contributed by atoms with E-state index < -0.39 is 0 Å². The Hall–Kier alpha value is -2.40. The largest absolute Gasteiger partial charge is 0.378 e. The summed E-state index contributed by atoms with van der Waals surface area (Å²) in [5.41, 5.74) is 2.74. The number of rotatable bonds is 2. The van der Waals surface area contributed by atoms with Gasteiger partial charge in [0.05, 0.1) is 10.2 Å². The van der Waals surface area contributed by atoms with E-state index in [0.29, 0.717) is 10.4 Å². The van der Waals surface area contributed by atoms with Crippen molar-refractivity contribution < 1.29 is 4.79 Å². The minimum Gasteiger partial charge on any atom is -0.378 e. The number of aromatic nitrogens is 1. The van der Waals surface area contributed by atoms with Crippen LogP contribution in [-0.4, -0.2) is 24.6 Å². The molecule has 0 N–H and O–H groups in total. The fourth-order valence-electron chi connectivity index (χ4n) is 2.24. The number of nitrogens with zero attached hydrogens (tertiary/aromatic N) is 3. The first-order chi connectivity index (χ1) is 10.6. The molecule has 0 aliphatic heterocycles. The van der Waals surface area contributed by atoms with Crippen molar-refractivity contribution >= 4 is 33.1 Å². The summed E-state index contributed by atoms with van der Waals surface area (Å²) < 4.78 is 3.08. The summed E-state index contributed by atoms with van der Waals surface area (Å²) >= 11 is 1.52. The molecule has 3 aromatic rings. The number of carbonyl (C=O) groups is 1. The lowest BCUT2D eigenvalue weighted by atomic mass is 10.2. The Balaban J connectivity index is 1.99. The van der Waals surface area contributed by atoms with Crippen molar-refractivity contribution in [2.24, 2.45) is 12.0 Å². The maximum Gasteiger partial charge on any atom is 0.279 e. The summed E-state index contributed by atoms with van der Waals surface area (Å²) in [4.78, 5) is 19.3. The lowest BCUT2D eigenvalue weighted by molar-refractivity contribution is 0.0998. The van der Waals surface area contributed by atoms with Gasteiger partial charge in [-0.25, -0.2) is 0 Å². The molecule has 0 spiro atoms. The van der Waals surface area contributed by atoms with Crippen molar-refractivity contribution in [2.75, 3.05) is 19.0 Å². The molecule has 2 aromatic carbocycles. The summed E-state index contributed by atoms with van der Waals surface area (Å²) in [5, 5.41) is 0. The smallest absolute Gasteiger partial charge is 0.279 e. The van der Waals surface area contributed by atoms with Crippen molar-refractivity contribution in [2.45, 2.75) is 0 Å². The molecule has 0 radical (unpaired) electrons. The molecule has 0 saturated carbocycles. The topological polar surface area (TPSA) is 37.6 Å². The molecule has 4 nitrogen and oxygen atoms in total. The van der Waals surface area contributed by atoms with E-state index in [1.165, 1.54) is 11.3 Å². The van der Waals surface area contributed by atoms with E-state index in [1.54, 1.807) is 0 Å². The Kier molecular flexibility index (Phi) is 3.81. The van der Waals surface area contributed by atoms with Crippen molar-refractivity contribution in [3.05, 3.63) is 58.9 Å². The van der Waals surface area contributed by atoms with Crippen LogP contribution in [0.25, 0.3) is 10.2 Å². The number of carbonyl (C=O) groups excluding carboxylic acids is 1. The molecule has 0 aliphatic rings. The number of para-hydroxylation sites is 1. The van der Waals surface area contributed by atoms with Crippen LogP contribution in [0.5, 0.6) is 0 Å². The molecule has 0 aliphatic carbocycles. The number of hydrogen-bond donors (Lipinski definition) is 0. The van der Waals surface area contributed by atoms with E-state index in [1.807, 2.05) is 79.1 Å². The Morgan fingerprint density at radius 2 is 1.77 bits per heavy atom. The molecule has 0 bridgehead atoms. The SMILES string of the molecule is CN(C)c1ccc(C(=O)N=c2sc3ccccc3n2C)cc1. The zero-order valence-electron chi connectivity index (χ0n) is 12.8. The maximum atomic E-state index is 12.3. The van der Waals surface area contributed by atoms with E-state index in [-0.39, 0.29) is 5.91 Å². The van der Waals surface area contributed by atoms with Gasteiger partial charge in [-0.15, -0.1) is 0 Å². The number of anilines is 1. The molecule has 0 saturated heterocycles. The first kappa shape index (κ1) is 14.5. The summed E-state index contributed by atoms with van der Waals surface area (Å²) in [6.07, 6.45) is 0. The fraction of sp³-hybridized carbons (Fsp3) is 0.176. The quantitative estimate of drug-likeness (QED) is 0.729. The Labute approximate surface area is 133 Å². The fourth-order valence-corrected chi connectivity index (χ4v) is 3.26. The van der Waals surface area contributed by atoms with Gasteiger partial charge in [-0.05, 0) is 36.4 Å². The van der Waals surface area contributed by atoms with Gasteiger partial charge < -0.3 is 9.47 Å². The third-order valence-corrected chi connectivity index (χ3v) is 4.66. The average Bonchev–Trinajstić information content (AvgIpc) is 2.84. The number of amides is 1. The minimum absolute atomic E-state index is 0.215. The Morgan fingerprint density at radius 1 is 1.09 bits per heavy atom. The number of thiazole rings is 1. The summed E-state index contributed by atoms with van der Waals surface area (Å²) in [7, 11) is 5.87. The van der Waals surface area contributed by atoms with Crippen LogP contribution < -0.4 is 9.70 Å². The van der Waals surface area contributed by atoms with Crippen molar-refractivity contribution in [1.29, 1.82) is 0 Å². The highest BCUT2D eigenvalue weighted by molar-refractivity contribution is 7.16.